The molecule has 0 spiro atoms. The first-order chi connectivity index (χ1) is 4.70. The SMILES string of the molecule is CC1CCN(S(=O)O)CC1. The first kappa shape index (κ1) is 8.17. The summed E-state index contributed by atoms with van der Waals surface area (Å²) >= 11 is -1.73. The van der Waals surface area contributed by atoms with Gasteiger partial charge in [0, 0.05) is 13.1 Å². The van der Waals surface area contributed by atoms with Crippen LogP contribution in [0.1, 0.15) is 19.8 Å². The number of piperidine rings is 1. The average Bonchev–Trinajstić information content (AvgIpc) is 1.88. The molecule has 1 atom stereocenters. The zero-order chi connectivity index (χ0) is 7.56. The molecule has 1 heterocycles. The van der Waals surface area contributed by atoms with Crippen molar-refractivity contribution in [1.29, 1.82) is 0 Å². The summed E-state index contributed by atoms with van der Waals surface area (Å²) in [5.41, 5.74) is 0. The van der Waals surface area contributed by atoms with E-state index in [0.29, 0.717) is 0 Å². The highest BCUT2D eigenvalue weighted by atomic mass is 32.2. The first-order valence-corrected chi connectivity index (χ1v) is 4.62. The molecule has 0 radical (unpaired) electrons. The highest BCUT2D eigenvalue weighted by molar-refractivity contribution is 7.76. The molecule has 0 amide bonds. The van der Waals surface area contributed by atoms with E-state index in [2.05, 4.69) is 6.92 Å². The second kappa shape index (κ2) is 3.46. The number of hydrogen-bond donors (Lipinski definition) is 1. The topological polar surface area (TPSA) is 40.5 Å². The van der Waals surface area contributed by atoms with E-state index in [0.717, 1.165) is 31.8 Å². The second-order valence-electron chi connectivity index (χ2n) is 2.84. The molecule has 0 aromatic rings. The third kappa shape index (κ3) is 2.04. The van der Waals surface area contributed by atoms with Crippen LogP contribution in [-0.4, -0.2) is 26.2 Å². The largest absolute Gasteiger partial charge is 0.294 e. The summed E-state index contributed by atoms with van der Waals surface area (Å²) in [6.07, 6.45) is 2.10. The van der Waals surface area contributed by atoms with Gasteiger partial charge < -0.3 is 0 Å². The second-order valence-corrected chi connectivity index (χ2v) is 3.82. The fraction of sp³-hybridized carbons (Fsp3) is 1.00. The van der Waals surface area contributed by atoms with Crippen molar-refractivity contribution in [3.05, 3.63) is 0 Å². The van der Waals surface area contributed by atoms with Gasteiger partial charge in [-0.1, -0.05) is 6.92 Å². The molecule has 0 aliphatic carbocycles. The molecule has 0 aromatic carbocycles. The van der Waals surface area contributed by atoms with Crippen LogP contribution in [0.3, 0.4) is 0 Å². The minimum Gasteiger partial charge on any atom is -0.294 e. The van der Waals surface area contributed by atoms with E-state index in [1.165, 1.54) is 0 Å². The lowest BCUT2D eigenvalue weighted by Crippen LogP contribution is -2.33. The van der Waals surface area contributed by atoms with Crippen LogP contribution in [0.5, 0.6) is 0 Å². The van der Waals surface area contributed by atoms with Crippen LogP contribution < -0.4 is 0 Å². The smallest absolute Gasteiger partial charge is 0.234 e. The van der Waals surface area contributed by atoms with E-state index in [1.54, 1.807) is 4.31 Å². The van der Waals surface area contributed by atoms with Crippen molar-refractivity contribution in [2.24, 2.45) is 5.92 Å². The fourth-order valence-electron chi connectivity index (χ4n) is 1.14. The Hall–Kier alpha value is 0.0700. The Bertz CT molecular complexity index is 132. The van der Waals surface area contributed by atoms with Crippen LogP contribution >= 0.6 is 0 Å². The van der Waals surface area contributed by atoms with Crippen LogP contribution in [-0.2, 0) is 11.3 Å². The zero-order valence-corrected chi connectivity index (χ0v) is 6.93. The Morgan fingerprint density at radius 1 is 1.50 bits per heavy atom. The van der Waals surface area contributed by atoms with Gasteiger partial charge in [-0.15, -0.1) is 0 Å². The van der Waals surface area contributed by atoms with Crippen LogP contribution in [0.15, 0.2) is 0 Å². The third-order valence-electron chi connectivity index (χ3n) is 1.96. The summed E-state index contributed by atoms with van der Waals surface area (Å²) in [7, 11) is 0. The van der Waals surface area contributed by atoms with E-state index in [1.807, 2.05) is 0 Å². The maximum Gasteiger partial charge on any atom is 0.234 e. The van der Waals surface area contributed by atoms with Crippen molar-refractivity contribution in [2.45, 2.75) is 19.8 Å². The van der Waals surface area contributed by atoms with Gasteiger partial charge in [-0.25, -0.2) is 8.51 Å². The van der Waals surface area contributed by atoms with Crippen molar-refractivity contribution in [1.82, 2.24) is 4.31 Å². The molecular formula is C6H13NO2S. The number of nitrogens with zero attached hydrogens (tertiary/aromatic N) is 1. The fourth-order valence-corrected chi connectivity index (χ4v) is 1.66. The zero-order valence-electron chi connectivity index (χ0n) is 6.12. The van der Waals surface area contributed by atoms with Crippen molar-refractivity contribution in [3.8, 4) is 0 Å². The van der Waals surface area contributed by atoms with Crippen LogP contribution in [0.25, 0.3) is 0 Å². The van der Waals surface area contributed by atoms with Gasteiger partial charge in [-0.05, 0) is 18.8 Å². The Labute approximate surface area is 63.8 Å². The predicted octanol–water partition coefficient (Wildman–Crippen LogP) is 0.855. The molecule has 4 heteroatoms. The van der Waals surface area contributed by atoms with Gasteiger partial charge in [-0.2, -0.15) is 0 Å². The summed E-state index contributed by atoms with van der Waals surface area (Å²) in [5, 5.41) is 0. The van der Waals surface area contributed by atoms with Crippen LogP contribution in [0, 0.1) is 5.92 Å². The molecule has 0 saturated carbocycles. The molecule has 1 saturated heterocycles. The molecule has 3 nitrogen and oxygen atoms in total. The lowest BCUT2D eigenvalue weighted by molar-refractivity contribution is 0.283. The van der Waals surface area contributed by atoms with Gasteiger partial charge in [0.15, 0.2) is 0 Å². The summed E-state index contributed by atoms with van der Waals surface area (Å²) in [5.74, 6) is 0.722. The molecule has 1 rings (SSSR count). The Morgan fingerprint density at radius 2 is 2.00 bits per heavy atom. The van der Waals surface area contributed by atoms with Gasteiger partial charge >= 0.3 is 0 Å². The first-order valence-electron chi connectivity index (χ1n) is 3.56. The van der Waals surface area contributed by atoms with E-state index < -0.39 is 11.3 Å². The Balaban J connectivity index is 2.33. The normalized spacial score (nSPS) is 26.6. The summed E-state index contributed by atoms with van der Waals surface area (Å²) < 4.78 is 20.8. The van der Waals surface area contributed by atoms with E-state index in [4.69, 9.17) is 4.55 Å². The molecule has 1 N–H and O–H groups in total. The summed E-state index contributed by atoms with van der Waals surface area (Å²) in [6.45, 7) is 3.71. The highest BCUT2D eigenvalue weighted by Crippen LogP contribution is 2.16. The summed E-state index contributed by atoms with van der Waals surface area (Å²) in [6, 6.07) is 0. The molecule has 0 bridgehead atoms. The van der Waals surface area contributed by atoms with Crippen molar-refractivity contribution < 1.29 is 8.76 Å². The number of rotatable bonds is 1. The van der Waals surface area contributed by atoms with Gasteiger partial charge in [0.1, 0.15) is 0 Å². The molecule has 10 heavy (non-hydrogen) atoms. The standard InChI is InChI=1S/C6H13NO2S/c1-6-2-4-7(5-3-6)10(8)9/h6H,2-5H2,1H3,(H,8,9). The maximum atomic E-state index is 10.5. The van der Waals surface area contributed by atoms with E-state index in [-0.39, 0.29) is 0 Å². The Kier molecular flexibility index (Phi) is 2.82. The van der Waals surface area contributed by atoms with Crippen LogP contribution in [0.2, 0.25) is 0 Å². The molecule has 1 aliphatic rings. The molecule has 60 valence electrons. The van der Waals surface area contributed by atoms with Crippen molar-refractivity contribution >= 4 is 11.3 Å². The third-order valence-corrected chi connectivity index (χ3v) is 2.77. The quantitative estimate of drug-likeness (QED) is 0.582. The Morgan fingerprint density at radius 3 is 2.40 bits per heavy atom. The van der Waals surface area contributed by atoms with Gasteiger partial charge in [-0.3, -0.25) is 4.55 Å². The number of hydrogen-bond acceptors (Lipinski definition) is 1. The minimum atomic E-state index is -1.73. The highest BCUT2D eigenvalue weighted by Gasteiger charge is 2.18. The predicted molar refractivity (Wildman–Crippen MR) is 40.7 cm³/mol. The van der Waals surface area contributed by atoms with E-state index in [9.17, 15) is 4.21 Å². The average molecular weight is 163 g/mol. The lowest BCUT2D eigenvalue weighted by atomic mass is 10.0. The minimum absolute atomic E-state index is 0.722. The van der Waals surface area contributed by atoms with Gasteiger partial charge in [0.2, 0.25) is 11.3 Å². The molecular weight excluding hydrogens is 150 g/mol. The molecule has 0 aromatic heterocycles. The van der Waals surface area contributed by atoms with Crippen LogP contribution in [0.4, 0.5) is 0 Å². The molecule has 1 fully saturated rings. The van der Waals surface area contributed by atoms with Gasteiger partial charge in [0.05, 0.1) is 0 Å². The molecule has 1 aliphatic heterocycles. The lowest BCUT2D eigenvalue weighted by Gasteiger charge is -2.26. The molecule has 1 unspecified atom stereocenters. The van der Waals surface area contributed by atoms with Crippen molar-refractivity contribution in [3.63, 3.8) is 0 Å². The van der Waals surface area contributed by atoms with Gasteiger partial charge in [0.25, 0.3) is 0 Å². The summed E-state index contributed by atoms with van der Waals surface area (Å²) in [4.78, 5) is 0. The maximum absolute atomic E-state index is 10.5. The van der Waals surface area contributed by atoms with E-state index >= 15 is 0 Å². The monoisotopic (exact) mass is 163 g/mol. The van der Waals surface area contributed by atoms with Crippen molar-refractivity contribution in [2.75, 3.05) is 13.1 Å².